The summed E-state index contributed by atoms with van der Waals surface area (Å²) in [6.45, 7) is 2.51. The average molecular weight is 173 g/mol. The van der Waals surface area contributed by atoms with E-state index in [2.05, 4.69) is 10.6 Å². The largest absolute Gasteiger partial charge is 0.358 e. The fraction of sp³-hybridized carbons (Fsp3) is 0.714. The lowest BCUT2D eigenvalue weighted by molar-refractivity contribution is -0.119. The molecular weight excluding hydrogens is 158 g/mol. The molecule has 5 nitrogen and oxygen atoms in total. The Balaban J connectivity index is 3.64. The van der Waals surface area contributed by atoms with E-state index in [0.29, 0.717) is 6.54 Å². The van der Waals surface area contributed by atoms with Gasteiger partial charge in [-0.2, -0.15) is 0 Å². The number of rotatable bonds is 3. The summed E-state index contributed by atoms with van der Waals surface area (Å²) < 4.78 is 0. The summed E-state index contributed by atoms with van der Waals surface area (Å²) >= 11 is 0. The summed E-state index contributed by atoms with van der Waals surface area (Å²) in [5.41, 5.74) is 0. The fourth-order valence-corrected chi connectivity index (χ4v) is 0.523. The molecule has 0 unspecified atom stereocenters. The van der Waals surface area contributed by atoms with Crippen molar-refractivity contribution in [3.63, 3.8) is 0 Å². The van der Waals surface area contributed by atoms with Gasteiger partial charge in [-0.05, 0) is 6.92 Å². The van der Waals surface area contributed by atoms with Crippen molar-refractivity contribution in [2.24, 2.45) is 0 Å². The molecule has 70 valence electrons. The molecule has 0 heterocycles. The maximum absolute atomic E-state index is 11.0. The second-order valence-corrected chi connectivity index (χ2v) is 2.35. The summed E-state index contributed by atoms with van der Waals surface area (Å²) in [6, 6.07) is -0.235. The third-order valence-electron chi connectivity index (χ3n) is 1.50. The number of carbonyl (C=O) groups excluding carboxylic acids is 2. The molecule has 0 aromatic rings. The number of likely N-dealkylation sites (N-methyl/N-ethyl adjacent to an activating group) is 1. The molecule has 0 aromatic carbocycles. The van der Waals surface area contributed by atoms with Crippen LogP contribution in [0.5, 0.6) is 0 Å². The maximum Gasteiger partial charge on any atom is 0.317 e. The van der Waals surface area contributed by atoms with Gasteiger partial charge in [0.15, 0.2) is 0 Å². The van der Waals surface area contributed by atoms with E-state index in [1.165, 1.54) is 11.9 Å². The van der Waals surface area contributed by atoms with Crippen LogP contribution in [0.2, 0.25) is 0 Å². The summed E-state index contributed by atoms with van der Waals surface area (Å²) in [5.74, 6) is -0.201. The van der Waals surface area contributed by atoms with Gasteiger partial charge in [-0.1, -0.05) is 0 Å². The third kappa shape index (κ3) is 3.80. The molecule has 0 bridgehead atoms. The van der Waals surface area contributed by atoms with Gasteiger partial charge in [0.25, 0.3) is 0 Å². The molecule has 0 aliphatic carbocycles. The molecule has 0 aromatic heterocycles. The van der Waals surface area contributed by atoms with E-state index in [0.717, 1.165) is 0 Å². The first-order chi connectivity index (χ1) is 5.61. The van der Waals surface area contributed by atoms with Crippen LogP contribution in [0.25, 0.3) is 0 Å². The van der Waals surface area contributed by atoms with Crippen LogP contribution in [0.4, 0.5) is 4.79 Å². The van der Waals surface area contributed by atoms with Crippen molar-refractivity contribution in [1.29, 1.82) is 0 Å². The Morgan fingerprint density at radius 1 is 1.42 bits per heavy atom. The van der Waals surface area contributed by atoms with E-state index in [1.54, 1.807) is 7.05 Å². The lowest BCUT2D eigenvalue weighted by Gasteiger charge is -2.14. The van der Waals surface area contributed by atoms with Crippen molar-refractivity contribution in [1.82, 2.24) is 15.5 Å². The van der Waals surface area contributed by atoms with E-state index in [9.17, 15) is 9.59 Å². The van der Waals surface area contributed by atoms with Crippen molar-refractivity contribution >= 4 is 11.9 Å². The van der Waals surface area contributed by atoms with Crippen LogP contribution >= 0.6 is 0 Å². The Kier molecular flexibility index (Phi) is 4.83. The van der Waals surface area contributed by atoms with Crippen molar-refractivity contribution in [2.75, 3.05) is 27.2 Å². The Morgan fingerprint density at radius 3 is 2.42 bits per heavy atom. The Labute approximate surface area is 72.1 Å². The number of nitrogens with one attached hydrogen (secondary N) is 2. The smallest absolute Gasteiger partial charge is 0.317 e. The SMILES string of the molecule is CCN(C)C(=O)NCC(=O)NC. The molecule has 5 heteroatoms. The molecule has 0 rings (SSSR count). The van der Waals surface area contributed by atoms with Crippen LogP contribution in [0.15, 0.2) is 0 Å². The average Bonchev–Trinajstić information content (AvgIpc) is 2.11. The van der Waals surface area contributed by atoms with E-state index in [1.807, 2.05) is 6.92 Å². The summed E-state index contributed by atoms with van der Waals surface area (Å²) in [6.07, 6.45) is 0. The Bertz CT molecular complexity index is 170. The van der Waals surface area contributed by atoms with Crippen LogP contribution in [0, 0.1) is 0 Å². The lowest BCUT2D eigenvalue weighted by Crippen LogP contribution is -2.42. The molecule has 2 N–H and O–H groups in total. The molecular formula is C7H15N3O2. The van der Waals surface area contributed by atoms with Crippen LogP contribution in [0.1, 0.15) is 6.92 Å². The highest BCUT2D eigenvalue weighted by atomic mass is 16.2. The third-order valence-corrected chi connectivity index (χ3v) is 1.50. The van der Waals surface area contributed by atoms with Gasteiger partial charge in [0, 0.05) is 20.6 Å². The number of urea groups is 1. The summed E-state index contributed by atoms with van der Waals surface area (Å²) in [7, 11) is 3.19. The fourth-order valence-electron chi connectivity index (χ4n) is 0.523. The standard InChI is InChI=1S/C7H15N3O2/c1-4-10(3)7(12)9-5-6(11)8-2/h4-5H2,1-3H3,(H,8,11)(H,9,12). The maximum atomic E-state index is 11.0. The summed E-state index contributed by atoms with van der Waals surface area (Å²) in [4.78, 5) is 23.2. The predicted molar refractivity (Wildman–Crippen MR) is 45.8 cm³/mol. The normalized spacial score (nSPS) is 8.92. The predicted octanol–water partition coefficient (Wildman–Crippen LogP) is -0.606. The highest BCUT2D eigenvalue weighted by Gasteiger charge is 2.06. The van der Waals surface area contributed by atoms with Gasteiger partial charge in [-0.3, -0.25) is 4.79 Å². The van der Waals surface area contributed by atoms with Gasteiger partial charge in [-0.25, -0.2) is 4.79 Å². The Hall–Kier alpha value is -1.26. The zero-order valence-electron chi connectivity index (χ0n) is 7.68. The number of hydrogen-bond donors (Lipinski definition) is 2. The van der Waals surface area contributed by atoms with Gasteiger partial charge in [0.1, 0.15) is 0 Å². The molecule has 0 saturated heterocycles. The van der Waals surface area contributed by atoms with Gasteiger partial charge in [0.05, 0.1) is 6.54 Å². The first kappa shape index (κ1) is 10.7. The first-order valence-corrected chi connectivity index (χ1v) is 3.81. The lowest BCUT2D eigenvalue weighted by atomic mass is 10.5. The minimum absolute atomic E-state index is 0.0275. The number of nitrogens with zero attached hydrogens (tertiary/aromatic N) is 1. The molecule has 0 aliphatic rings. The molecule has 0 saturated carbocycles. The highest BCUT2D eigenvalue weighted by Crippen LogP contribution is 1.80. The van der Waals surface area contributed by atoms with Gasteiger partial charge in [-0.15, -0.1) is 0 Å². The van der Waals surface area contributed by atoms with Crippen LogP contribution in [-0.2, 0) is 4.79 Å². The van der Waals surface area contributed by atoms with Crippen molar-refractivity contribution < 1.29 is 9.59 Å². The molecule has 12 heavy (non-hydrogen) atoms. The molecule has 0 fully saturated rings. The van der Waals surface area contributed by atoms with Crippen LogP contribution in [-0.4, -0.2) is 44.0 Å². The number of carbonyl (C=O) groups is 2. The number of hydrogen-bond acceptors (Lipinski definition) is 2. The van der Waals surface area contributed by atoms with E-state index >= 15 is 0 Å². The van der Waals surface area contributed by atoms with Crippen molar-refractivity contribution in [2.45, 2.75) is 6.92 Å². The quantitative estimate of drug-likeness (QED) is 0.598. The number of amides is 3. The molecule has 3 amide bonds. The van der Waals surface area contributed by atoms with Gasteiger partial charge in [0.2, 0.25) is 5.91 Å². The highest BCUT2D eigenvalue weighted by molar-refractivity contribution is 5.83. The van der Waals surface area contributed by atoms with E-state index in [-0.39, 0.29) is 18.5 Å². The van der Waals surface area contributed by atoms with Crippen LogP contribution in [0.3, 0.4) is 0 Å². The zero-order valence-corrected chi connectivity index (χ0v) is 7.68. The van der Waals surface area contributed by atoms with Gasteiger partial charge < -0.3 is 15.5 Å². The molecule has 0 spiro atoms. The minimum atomic E-state index is -0.235. The molecule has 0 aliphatic heterocycles. The summed E-state index contributed by atoms with van der Waals surface area (Å²) in [5, 5.41) is 4.86. The monoisotopic (exact) mass is 173 g/mol. The Morgan fingerprint density at radius 2 is 2.00 bits per heavy atom. The second-order valence-electron chi connectivity index (χ2n) is 2.35. The topological polar surface area (TPSA) is 61.4 Å². The van der Waals surface area contributed by atoms with E-state index < -0.39 is 0 Å². The van der Waals surface area contributed by atoms with Gasteiger partial charge >= 0.3 is 6.03 Å². The van der Waals surface area contributed by atoms with E-state index in [4.69, 9.17) is 0 Å². The van der Waals surface area contributed by atoms with Crippen molar-refractivity contribution in [3.05, 3.63) is 0 Å². The van der Waals surface area contributed by atoms with Crippen molar-refractivity contribution in [3.8, 4) is 0 Å². The second kappa shape index (κ2) is 5.40. The first-order valence-electron chi connectivity index (χ1n) is 3.81. The molecule has 0 atom stereocenters. The van der Waals surface area contributed by atoms with Crippen LogP contribution < -0.4 is 10.6 Å². The molecule has 0 radical (unpaired) electrons. The minimum Gasteiger partial charge on any atom is -0.358 e. The zero-order chi connectivity index (χ0) is 9.56.